The average Bonchev–Trinajstić information content (AvgIpc) is 3.08. The first kappa shape index (κ1) is 24.3. The minimum absolute atomic E-state index is 0. The molecule has 0 aliphatic carbocycles. The number of carboxylic acid groups (broad SMARTS) is 1. The van der Waals surface area contributed by atoms with Crippen molar-refractivity contribution in [3.05, 3.63) is 35.9 Å². The van der Waals surface area contributed by atoms with Crippen LogP contribution in [0.5, 0.6) is 0 Å². The standard InChI is InChI=1S/C18H27N2O5P.Na/c1-14(17(21)20-12-7-11-16(20)18(22)23)19-26(24,25)13-6-5-10-15-8-3-2-4-9-15;/h2-4,8-9,14,16H,5-7,10-13H2,1H3,(H,22,23)(H2,19,24,25);/q;+1/p-1. The second-order valence-electron chi connectivity index (χ2n) is 6.73. The van der Waals surface area contributed by atoms with Crippen LogP contribution in [0.25, 0.3) is 0 Å². The molecule has 0 spiro atoms. The number of hydrogen-bond donors (Lipinski definition) is 2. The van der Waals surface area contributed by atoms with Crippen molar-refractivity contribution in [3.8, 4) is 0 Å². The number of likely N-dealkylation sites (tertiary alicyclic amines) is 1. The number of rotatable bonds is 9. The van der Waals surface area contributed by atoms with Gasteiger partial charge in [0.05, 0.1) is 18.1 Å². The van der Waals surface area contributed by atoms with Crippen LogP contribution in [0.3, 0.4) is 0 Å². The number of carbonyl (C=O) groups excluding carboxylic acids is 2. The van der Waals surface area contributed by atoms with Crippen LogP contribution in [0.4, 0.5) is 0 Å². The van der Waals surface area contributed by atoms with Crippen molar-refractivity contribution in [2.24, 2.45) is 0 Å². The number of unbranched alkanes of at least 4 members (excludes halogenated alkanes) is 1. The predicted octanol–water partition coefficient (Wildman–Crippen LogP) is -2.08. The Kier molecular flexibility index (Phi) is 10.2. The Bertz CT molecular complexity index is 673. The van der Waals surface area contributed by atoms with E-state index in [2.05, 4.69) is 5.09 Å². The van der Waals surface area contributed by atoms with Crippen molar-refractivity contribution in [1.29, 1.82) is 0 Å². The second-order valence-corrected chi connectivity index (χ2v) is 8.84. The Labute approximate surface area is 182 Å². The smallest absolute Gasteiger partial charge is 0.548 e. The first-order chi connectivity index (χ1) is 12.3. The third-order valence-corrected chi connectivity index (χ3v) is 6.31. The molecule has 1 heterocycles. The molecule has 0 aromatic heterocycles. The summed E-state index contributed by atoms with van der Waals surface area (Å²) in [6.45, 7) is 1.82. The van der Waals surface area contributed by atoms with Crippen molar-refractivity contribution >= 4 is 19.4 Å². The summed E-state index contributed by atoms with van der Waals surface area (Å²) in [5.74, 6) is -1.76. The van der Waals surface area contributed by atoms with Gasteiger partial charge in [0.25, 0.3) is 7.52 Å². The summed E-state index contributed by atoms with van der Waals surface area (Å²) in [4.78, 5) is 34.8. The Morgan fingerprint density at radius 2 is 2.00 bits per heavy atom. The fourth-order valence-electron chi connectivity index (χ4n) is 3.25. The van der Waals surface area contributed by atoms with Crippen LogP contribution >= 0.6 is 7.52 Å². The van der Waals surface area contributed by atoms with E-state index in [0.29, 0.717) is 25.8 Å². The van der Waals surface area contributed by atoms with Crippen LogP contribution in [0.2, 0.25) is 0 Å². The van der Waals surface area contributed by atoms with E-state index in [9.17, 15) is 24.2 Å². The van der Waals surface area contributed by atoms with Crippen molar-refractivity contribution in [1.82, 2.24) is 9.99 Å². The van der Waals surface area contributed by atoms with Gasteiger partial charge < -0.3 is 19.7 Å². The third kappa shape index (κ3) is 7.68. The van der Waals surface area contributed by atoms with Gasteiger partial charge >= 0.3 is 29.6 Å². The molecular weight excluding hydrogens is 378 g/mol. The Morgan fingerprint density at radius 3 is 2.63 bits per heavy atom. The molecule has 1 aliphatic heterocycles. The summed E-state index contributed by atoms with van der Waals surface area (Å²) in [7, 11) is -3.67. The molecule has 27 heavy (non-hydrogen) atoms. The number of nitrogens with zero attached hydrogens (tertiary/aromatic N) is 1. The van der Waals surface area contributed by atoms with E-state index in [0.717, 1.165) is 12.8 Å². The van der Waals surface area contributed by atoms with Gasteiger partial charge in [-0.3, -0.25) is 9.36 Å². The van der Waals surface area contributed by atoms with Gasteiger partial charge in [-0.15, -0.1) is 0 Å². The molecule has 1 aromatic carbocycles. The number of nitrogens with one attached hydrogen (secondary N) is 1. The molecular formula is C18H26N2NaO5P. The van der Waals surface area contributed by atoms with Gasteiger partial charge in [0, 0.05) is 12.7 Å². The summed E-state index contributed by atoms with van der Waals surface area (Å²) in [6.07, 6.45) is 3.18. The third-order valence-electron chi connectivity index (χ3n) is 4.59. The quantitative estimate of drug-likeness (QED) is 0.278. The zero-order valence-corrected chi connectivity index (χ0v) is 18.9. The first-order valence-electron chi connectivity index (χ1n) is 8.95. The summed E-state index contributed by atoms with van der Waals surface area (Å²) < 4.78 is 12.3. The monoisotopic (exact) mass is 404 g/mol. The van der Waals surface area contributed by atoms with E-state index in [1.54, 1.807) is 0 Å². The fourth-order valence-corrected chi connectivity index (χ4v) is 4.74. The van der Waals surface area contributed by atoms with E-state index in [1.165, 1.54) is 17.4 Å². The minimum atomic E-state index is -3.67. The molecule has 1 aliphatic rings. The van der Waals surface area contributed by atoms with Crippen molar-refractivity contribution in [3.63, 3.8) is 0 Å². The SMILES string of the molecule is CC(NP(=O)(O)CCCCc1ccccc1)C(=O)N1CCCC1C(=O)[O-].[Na+]. The van der Waals surface area contributed by atoms with Crippen LogP contribution in [0.15, 0.2) is 30.3 Å². The van der Waals surface area contributed by atoms with Crippen LogP contribution in [0.1, 0.15) is 38.2 Å². The maximum atomic E-state index is 12.4. The normalized spacial score (nSPS) is 19.8. The minimum Gasteiger partial charge on any atom is -0.548 e. The maximum Gasteiger partial charge on any atom is 1.00 e. The van der Waals surface area contributed by atoms with Gasteiger partial charge in [-0.2, -0.15) is 0 Å². The molecule has 2 rings (SSSR count). The van der Waals surface area contributed by atoms with Crippen LogP contribution in [0, 0.1) is 0 Å². The van der Waals surface area contributed by atoms with E-state index in [4.69, 9.17) is 0 Å². The van der Waals surface area contributed by atoms with Crippen LogP contribution in [-0.4, -0.2) is 46.5 Å². The van der Waals surface area contributed by atoms with E-state index in [-0.39, 0.29) is 35.7 Å². The molecule has 3 atom stereocenters. The summed E-state index contributed by atoms with van der Waals surface area (Å²) >= 11 is 0. The summed E-state index contributed by atoms with van der Waals surface area (Å²) in [5.41, 5.74) is 1.18. The van der Waals surface area contributed by atoms with Crippen molar-refractivity contribution in [2.75, 3.05) is 12.7 Å². The Morgan fingerprint density at radius 1 is 1.33 bits per heavy atom. The van der Waals surface area contributed by atoms with Crippen LogP contribution < -0.4 is 39.8 Å². The molecule has 3 unspecified atom stereocenters. The topological polar surface area (TPSA) is 110 Å². The number of carbonyl (C=O) groups is 2. The molecule has 7 nitrogen and oxygen atoms in total. The molecule has 1 fully saturated rings. The van der Waals surface area contributed by atoms with Crippen molar-refractivity contribution < 1.29 is 53.7 Å². The zero-order valence-electron chi connectivity index (χ0n) is 16.0. The second kappa shape index (κ2) is 11.3. The Balaban J connectivity index is 0.00000364. The van der Waals surface area contributed by atoms with Crippen molar-refractivity contribution in [2.45, 2.75) is 51.1 Å². The molecule has 9 heteroatoms. The largest absolute Gasteiger partial charge is 1.00 e. The Hall–Kier alpha value is -0.690. The molecule has 0 bridgehead atoms. The summed E-state index contributed by atoms with van der Waals surface area (Å²) in [6, 6.07) is 8.02. The number of carboxylic acids is 1. The maximum absolute atomic E-state index is 12.4. The number of amides is 1. The van der Waals surface area contributed by atoms with Gasteiger partial charge in [0.15, 0.2) is 0 Å². The number of aryl methyl sites for hydroxylation is 1. The molecule has 2 N–H and O–H groups in total. The number of aliphatic carboxylic acids is 1. The van der Waals surface area contributed by atoms with E-state index < -0.39 is 31.5 Å². The van der Waals surface area contributed by atoms with Gasteiger partial charge in [0.1, 0.15) is 0 Å². The molecule has 1 aromatic rings. The predicted molar refractivity (Wildman–Crippen MR) is 96.4 cm³/mol. The van der Waals surface area contributed by atoms with E-state index >= 15 is 0 Å². The molecule has 1 amide bonds. The average molecular weight is 404 g/mol. The van der Waals surface area contributed by atoms with Gasteiger partial charge in [-0.25, -0.2) is 5.09 Å². The van der Waals surface area contributed by atoms with Gasteiger partial charge in [0.2, 0.25) is 5.91 Å². The number of hydrogen-bond acceptors (Lipinski definition) is 4. The molecule has 0 radical (unpaired) electrons. The number of benzene rings is 1. The van der Waals surface area contributed by atoms with Gasteiger partial charge in [-0.05, 0) is 44.6 Å². The zero-order chi connectivity index (χ0) is 19.2. The molecule has 144 valence electrons. The van der Waals surface area contributed by atoms with E-state index in [1.807, 2.05) is 30.3 Å². The van der Waals surface area contributed by atoms with Crippen LogP contribution in [-0.2, 0) is 20.6 Å². The molecule has 0 saturated carbocycles. The fraction of sp³-hybridized carbons (Fsp3) is 0.556. The molecule has 1 saturated heterocycles. The first-order valence-corrected chi connectivity index (χ1v) is 10.8. The summed E-state index contributed by atoms with van der Waals surface area (Å²) in [5, 5.41) is 13.6. The van der Waals surface area contributed by atoms with Gasteiger partial charge in [-0.1, -0.05) is 30.3 Å².